The average molecular weight is 301 g/mol. The minimum absolute atomic E-state index is 0.0529. The highest BCUT2D eigenvalue weighted by Crippen LogP contribution is 2.25. The van der Waals surface area contributed by atoms with Crippen molar-refractivity contribution < 1.29 is 4.79 Å². The highest BCUT2D eigenvalue weighted by Gasteiger charge is 2.24. The van der Waals surface area contributed by atoms with Gasteiger partial charge in [-0.25, -0.2) is 0 Å². The molecule has 1 aromatic rings. The first-order valence-electron chi connectivity index (χ1n) is 6.53. The molecule has 0 unspecified atom stereocenters. The van der Waals surface area contributed by atoms with Crippen LogP contribution in [0.25, 0.3) is 0 Å². The van der Waals surface area contributed by atoms with Gasteiger partial charge in [0, 0.05) is 28.5 Å². The van der Waals surface area contributed by atoms with Crippen molar-refractivity contribution in [2.24, 2.45) is 11.7 Å². The Hall–Kier alpha value is -0.770. The van der Waals surface area contributed by atoms with Gasteiger partial charge in [0.15, 0.2) is 0 Å². The maximum atomic E-state index is 11.1. The van der Waals surface area contributed by atoms with E-state index in [-0.39, 0.29) is 11.8 Å². The number of halogens is 2. The molecule has 3 nitrogen and oxygen atoms in total. The van der Waals surface area contributed by atoms with E-state index in [1.165, 1.54) is 0 Å². The van der Waals surface area contributed by atoms with Gasteiger partial charge in [0.25, 0.3) is 0 Å². The van der Waals surface area contributed by atoms with Crippen molar-refractivity contribution in [3.05, 3.63) is 33.8 Å². The third kappa shape index (κ3) is 4.10. The summed E-state index contributed by atoms with van der Waals surface area (Å²) >= 11 is 12.0. The van der Waals surface area contributed by atoms with Crippen LogP contribution in [0.3, 0.4) is 0 Å². The molecule has 1 aromatic carbocycles. The summed E-state index contributed by atoms with van der Waals surface area (Å²) in [5.41, 5.74) is 6.37. The fourth-order valence-corrected chi connectivity index (χ4v) is 2.98. The summed E-state index contributed by atoms with van der Waals surface area (Å²) in [6.45, 7) is 0.724. The molecule has 104 valence electrons. The van der Waals surface area contributed by atoms with E-state index in [2.05, 4.69) is 5.32 Å². The van der Waals surface area contributed by atoms with Crippen molar-refractivity contribution >= 4 is 29.1 Å². The van der Waals surface area contributed by atoms with Crippen LogP contribution in [0.1, 0.15) is 31.2 Å². The number of hydrogen-bond acceptors (Lipinski definition) is 2. The van der Waals surface area contributed by atoms with Crippen molar-refractivity contribution in [1.82, 2.24) is 5.32 Å². The van der Waals surface area contributed by atoms with Crippen LogP contribution in [0.15, 0.2) is 18.2 Å². The lowest BCUT2D eigenvalue weighted by Crippen LogP contribution is -2.36. The van der Waals surface area contributed by atoms with Crippen molar-refractivity contribution in [1.29, 1.82) is 0 Å². The van der Waals surface area contributed by atoms with E-state index in [1.54, 1.807) is 6.07 Å². The van der Waals surface area contributed by atoms with E-state index in [0.717, 1.165) is 37.8 Å². The van der Waals surface area contributed by atoms with E-state index in [4.69, 9.17) is 28.9 Å². The smallest absolute Gasteiger partial charge is 0.220 e. The first kappa shape index (κ1) is 14.6. The van der Waals surface area contributed by atoms with Crippen molar-refractivity contribution in [2.45, 2.75) is 38.3 Å². The van der Waals surface area contributed by atoms with E-state index in [9.17, 15) is 4.79 Å². The predicted octanol–water partition coefficient (Wildman–Crippen LogP) is 3.13. The van der Waals surface area contributed by atoms with Gasteiger partial charge in [0.2, 0.25) is 5.91 Å². The molecule has 0 heterocycles. The monoisotopic (exact) mass is 300 g/mol. The van der Waals surface area contributed by atoms with Gasteiger partial charge >= 0.3 is 0 Å². The summed E-state index contributed by atoms with van der Waals surface area (Å²) in [5.74, 6) is -0.114. The Morgan fingerprint density at radius 3 is 2.53 bits per heavy atom. The fraction of sp³-hybridized carbons (Fsp3) is 0.500. The molecular formula is C14H18Cl2N2O. The molecule has 3 N–H and O–H groups in total. The van der Waals surface area contributed by atoms with Gasteiger partial charge in [-0.3, -0.25) is 4.79 Å². The molecule has 0 radical (unpaired) electrons. The number of hydrogen-bond donors (Lipinski definition) is 2. The number of nitrogens with two attached hydrogens (primary N) is 1. The molecule has 0 aromatic heterocycles. The van der Waals surface area contributed by atoms with Crippen LogP contribution in [0, 0.1) is 5.92 Å². The van der Waals surface area contributed by atoms with Gasteiger partial charge in [0.1, 0.15) is 0 Å². The second kappa shape index (κ2) is 6.60. The molecular weight excluding hydrogens is 283 g/mol. The number of primary amides is 1. The van der Waals surface area contributed by atoms with Crippen LogP contribution in [0.2, 0.25) is 10.0 Å². The molecule has 5 heteroatoms. The second-order valence-electron chi connectivity index (χ2n) is 5.07. The average Bonchev–Trinajstić information content (AvgIpc) is 2.38. The Kier molecular flexibility index (Phi) is 5.08. The summed E-state index contributed by atoms with van der Waals surface area (Å²) in [6, 6.07) is 5.97. The van der Waals surface area contributed by atoms with Gasteiger partial charge < -0.3 is 11.1 Å². The van der Waals surface area contributed by atoms with Gasteiger partial charge in [-0.15, -0.1) is 0 Å². The van der Waals surface area contributed by atoms with E-state index >= 15 is 0 Å². The Morgan fingerprint density at radius 1 is 1.26 bits per heavy atom. The quantitative estimate of drug-likeness (QED) is 0.897. The second-order valence-corrected chi connectivity index (χ2v) is 5.91. The van der Waals surface area contributed by atoms with E-state index in [0.29, 0.717) is 16.1 Å². The minimum Gasteiger partial charge on any atom is -0.369 e. The summed E-state index contributed by atoms with van der Waals surface area (Å²) < 4.78 is 0. The van der Waals surface area contributed by atoms with Gasteiger partial charge in [-0.05, 0) is 43.4 Å². The largest absolute Gasteiger partial charge is 0.369 e. The molecule has 1 saturated carbocycles. The summed E-state index contributed by atoms with van der Waals surface area (Å²) in [7, 11) is 0. The van der Waals surface area contributed by atoms with Crippen LogP contribution < -0.4 is 11.1 Å². The lowest BCUT2D eigenvalue weighted by molar-refractivity contribution is -0.122. The Balaban J connectivity index is 1.82. The zero-order valence-corrected chi connectivity index (χ0v) is 12.2. The highest BCUT2D eigenvalue weighted by atomic mass is 35.5. The molecule has 0 aliphatic heterocycles. The zero-order chi connectivity index (χ0) is 13.8. The van der Waals surface area contributed by atoms with Gasteiger partial charge in [0.05, 0.1) is 0 Å². The maximum absolute atomic E-state index is 11.1. The first-order chi connectivity index (χ1) is 9.06. The topological polar surface area (TPSA) is 55.1 Å². The fourth-order valence-electron chi connectivity index (χ4n) is 2.50. The van der Waals surface area contributed by atoms with Crippen LogP contribution in [0.4, 0.5) is 0 Å². The van der Waals surface area contributed by atoms with E-state index < -0.39 is 0 Å². The number of carbonyl (C=O) groups excluding carboxylic acids is 1. The molecule has 1 amide bonds. The summed E-state index contributed by atoms with van der Waals surface area (Å²) in [6.07, 6.45) is 3.72. The molecule has 2 rings (SSSR count). The number of amides is 1. The van der Waals surface area contributed by atoms with Crippen LogP contribution in [0.5, 0.6) is 0 Å². The molecule has 1 aliphatic carbocycles. The van der Waals surface area contributed by atoms with Crippen LogP contribution in [-0.2, 0) is 11.3 Å². The number of carbonyl (C=O) groups is 1. The van der Waals surface area contributed by atoms with Crippen LogP contribution >= 0.6 is 23.2 Å². The minimum atomic E-state index is -0.167. The van der Waals surface area contributed by atoms with E-state index in [1.807, 2.05) is 12.1 Å². The number of benzene rings is 1. The lowest BCUT2D eigenvalue weighted by atomic mass is 9.85. The molecule has 0 atom stereocenters. The van der Waals surface area contributed by atoms with Crippen molar-refractivity contribution in [3.63, 3.8) is 0 Å². The van der Waals surface area contributed by atoms with Gasteiger partial charge in [-0.2, -0.15) is 0 Å². The van der Waals surface area contributed by atoms with Crippen LogP contribution in [-0.4, -0.2) is 11.9 Å². The van der Waals surface area contributed by atoms with Crippen molar-refractivity contribution in [3.8, 4) is 0 Å². The first-order valence-corrected chi connectivity index (χ1v) is 7.28. The molecule has 0 spiro atoms. The number of rotatable bonds is 4. The summed E-state index contributed by atoms with van der Waals surface area (Å²) in [4.78, 5) is 11.1. The molecule has 1 aliphatic rings. The summed E-state index contributed by atoms with van der Waals surface area (Å²) in [5, 5.41) is 4.81. The van der Waals surface area contributed by atoms with Gasteiger partial charge in [-0.1, -0.05) is 29.3 Å². The third-order valence-corrected chi connectivity index (χ3v) is 4.31. The Labute approximate surface area is 123 Å². The number of nitrogens with one attached hydrogen (secondary N) is 1. The highest BCUT2D eigenvalue weighted by molar-refractivity contribution is 6.35. The lowest BCUT2D eigenvalue weighted by Gasteiger charge is -2.27. The van der Waals surface area contributed by atoms with Crippen molar-refractivity contribution in [2.75, 3.05) is 0 Å². The maximum Gasteiger partial charge on any atom is 0.220 e. The Morgan fingerprint density at radius 2 is 1.95 bits per heavy atom. The molecule has 1 fully saturated rings. The standard InChI is InChI=1S/C14H18Cl2N2O/c15-11-4-1-10(13(16)7-11)8-18-12-5-2-9(3-6-12)14(17)19/h1,4,7,9,12,18H,2-3,5-6,8H2,(H2,17,19). The zero-order valence-electron chi connectivity index (χ0n) is 10.7. The Bertz CT molecular complexity index is 457. The predicted molar refractivity (Wildman–Crippen MR) is 78.2 cm³/mol. The molecule has 0 saturated heterocycles. The third-order valence-electron chi connectivity index (χ3n) is 3.73. The molecule has 0 bridgehead atoms. The SMILES string of the molecule is NC(=O)C1CCC(NCc2ccc(Cl)cc2Cl)CC1. The normalized spacial score (nSPS) is 23.3. The molecule has 19 heavy (non-hydrogen) atoms.